The number of carbonyl (C=O) groups is 1. The third-order valence-corrected chi connectivity index (χ3v) is 2.96. The molecule has 1 N–H and O–H groups in total. The van der Waals surface area contributed by atoms with Gasteiger partial charge in [0.25, 0.3) is 0 Å². The largest absolute Gasteiger partial charge is 0.386 e. The second kappa shape index (κ2) is 4.81. The molecule has 0 bridgehead atoms. The first kappa shape index (κ1) is 10.7. The van der Waals surface area contributed by atoms with E-state index in [1.165, 1.54) is 0 Å². The summed E-state index contributed by atoms with van der Waals surface area (Å²) in [6.07, 6.45) is 4.83. The maximum absolute atomic E-state index is 10.7. The van der Waals surface area contributed by atoms with Crippen molar-refractivity contribution < 1.29 is 4.79 Å². The molecule has 0 unspecified atom stereocenters. The van der Waals surface area contributed by atoms with Crippen LogP contribution in [0.4, 0.5) is 0 Å². The van der Waals surface area contributed by atoms with Crippen LogP contribution in [-0.2, 0) is 0 Å². The van der Waals surface area contributed by atoms with Gasteiger partial charge in [-0.1, -0.05) is 29.7 Å². The van der Waals surface area contributed by atoms with E-state index in [0.717, 1.165) is 17.5 Å². The molecule has 0 aliphatic carbocycles. The highest BCUT2D eigenvalue weighted by Crippen LogP contribution is 2.15. The van der Waals surface area contributed by atoms with Crippen LogP contribution in [0, 0.1) is 0 Å². The number of aldehydes is 1. The van der Waals surface area contributed by atoms with Crippen molar-refractivity contribution in [2.24, 2.45) is 0 Å². The number of carbonyl (C=O) groups excluding carboxylic acids is 1. The quantitative estimate of drug-likeness (QED) is 0.822. The lowest BCUT2D eigenvalue weighted by Crippen LogP contribution is -2.06. The summed E-state index contributed by atoms with van der Waals surface area (Å²) in [4.78, 5) is 10.7. The maximum Gasteiger partial charge on any atom is 0.150 e. The van der Waals surface area contributed by atoms with Crippen molar-refractivity contribution in [2.75, 3.05) is 7.05 Å². The molecule has 1 aromatic carbocycles. The topological polar surface area (TPSA) is 34.0 Å². The average Bonchev–Trinajstić information content (AvgIpc) is 2.28. The van der Waals surface area contributed by atoms with Gasteiger partial charge in [-0.05, 0) is 11.6 Å². The van der Waals surface area contributed by atoms with Gasteiger partial charge in [0.05, 0.1) is 5.70 Å². The number of nitrogens with zero attached hydrogens (tertiary/aromatic N) is 1. The average molecular weight is 232 g/mol. The zero-order valence-electron chi connectivity index (χ0n) is 8.88. The molecular formula is C12H12N2OS. The van der Waals surface area contributed by atoms with Gasteiger partial charge in [0.2, 0.25) is 0 Å². The third kappa shape index (κ3) is 2.23. The number of aromatic nitrogens is 1. The number of benzene rings is 1. The second-order valence-electron chi connectivity index (χ2n) is 3.29. The Kier molecular flexibility index (Phi) is 3.22. The summed E-state index contributed by atoms with van der Waals surface area (Å²) in [5.41, 5.74) is 2.68. The highest BCUT2D eigenvalue weighted by Gasteiger charge is 2.01. The van der Waals surface area contributed by atoms with Crippen LogP contribution < -0.4 is 5.32 Å². The molecule has 0 fully saturated rings. The lowest BCUT2D eigenvalue weighted by molar-refractivity contribution is 0.112. The fourth-order valence-electron chi connectivity index (χ4n) is 1.39. The van der Waals surface area contributed by atoms with Crippen LogP contribution >= 0.6 is 11.5 Å². The van der Waals surface area contributed by atoms with Crippen molar-refractivity contribution in [3.8, 4) is 0 Å². The predicted octanol–water partition coefficient (Wildman–Crippen LogP) is 2.54. The summed E-state index contributed by atoms with van der Waals surface area (Å²) in [6, 6.07) is 7.51. The van der Waals surface area contributed by atoms with Crippen LogP contribution in [0.25, 0.3) is 11.9 Å². The van der Waals surface area contributed by atoms with E-state index in [4.69, 9.17) is 0 Å². The third-order valence-electron chi connectivity index (χ3n) is 2.25. The molecule has 2 rings (SSSR count). The van der Waals surface area contributed by atoms with E-state index in [0.29, 0.717) is 5.56 Å². The van der Waals surface area contributed by atoms with E-state index in [2.05, 4.69) is 5.32 Å². The summed E-state index contributed by atoms with van der Waals surface area (Å²) in [5, 5.41) is 5.13. The van der Waals surface area contributed by atoms with Gasteiger partial charge >= 0.3 is 0 Å². The van der Waals surface area contributed by atoms with E-state index >= 15 is 0 Å². The first-order valence-corrected chi connectivity index (χ1v) is 5.74. The first-order chi connectivity index (χ1) is 7.83. The summed E-state index contributed by atoms with van der Waals surface area (Å²) >= 11 is 1.62. The summed E-state index contributed by atoms with van der Waals surface area (Å²) < 4.78 is 2.00. The van der Waals surface area contributed by atoms with E-state index in [1.807, 2.05) is 47.0 Å². The first-order valence-electron chi connectivity index (χ1n) is 4.90. The second-order valence-corrected chi connectivity index (χ2v) is 4.19. The minimum Gasteiger partial charge on any atom is -0.386 e. The SMILES string of the molecule is CN/C(=C\n1ccs1)c1cccc(C=O)c1. The van der Waals surface area contributed by atoms with E-state index in [-0.39, 0.29) is 0 Å². The Morgan fingerprint density at radius 2 is 2.31 bits per heavy atom. The van der Waals surface area contributed by atoms with Crippen molar-refractivity contribution >= 4 is 29.7 Å². The lowest BCUT2D eigenvalue weighted by atomic mass is 10.1. The van der Waals surface area contributed by atoms with Crippen LogP contribution in [0.1, 0.15) is 15.9 Å². The van der Waals surface area contributed by atoms with Gasteiger partial charge in [-0.2, -0.15) is 0 Å². The Hall–Kier alpha value is -1.81. The van der Waals surface area contributed by atoms with Gasteiger partial charge in [0, 0.05) is 30.4 Å². The fraction of sp³-hybridized carbons (Fsp3) is 0.0833. The van der Waals surface area contributed by atoms with Crippen molar-refractivity contribution in [3.05, 3.63) is 47.0 Å². The molecule has 0 amide bonds. The molecule has 0 spiro atoms. The van der Waals surface area contributed by atoms with Gasteiger partial charge in [-0.25, -0.2) is 0 Å². The number of nitrogens with one attached hydrogen (secondary N) is 1. The Bertz CT molecular complexity index is 501. The van der Waals surface area contributed by atoms with Gasteiger partial charge in [-0.3, -0.25) is 8.75 Å². The number of rotatable bonds is 4. The summed E-state index contributed by atoms with van der Waals surface area (Å²) in [6.45, 7) is 0. The molecule has 0 saturated heterocycles. The molecule has 16 heavy (non-hydrogen) atoms. The molecule has 3 nitrogen and oxygen atoms in total. The fourth-order valence-corrected chi connectivity index (χ4v) is 1.82. The number of hydrogen-bond acceptors (Lipinski definition) is 3. The minimum atomic E-state index is 0.686. The highest BCUT2D eigenvalue weighted by molar-refractivity contribution is 7.05. The Balaban J connectivity index is 2.34. The molecule has 0 atom stereocenters. The van der Waals surface area contributed by atoms with E-state index in [1.54, 1.807) is 17.6 Å². The monoisotopic (exact) mass is 232 g/mol. The molecular weight excluding hydrogens is 220 g/mol. The van der Waals surface area contributed by atoms with Gasteiger partial charge in [-0.15, -0.1) is 0 Å². The van der Waals surface area contributed by atoms with Crippen LogP contribution in [0.5, 0.6) is 0 Å². The van der Waals surface area contributed by atoms with E-state index < -0.39 is 0 Å². The molecule has 2 aromatic rings. The molecule has 1 aromatic heterocycles. The van der Waals surface area contributed by atoms with Crippen molar-refractivity contribution in [2.45, 2.75) is 0 Å². The molecule has 82 valence electrons. The molecule has 1 heterocycles. The van der Waals surface area contributed by atoms with Crippen molar-refractivity contribution in [1.82, 2.24) is 9.27 Å². The maximum atomic E-state index is 10.7. The molecule has 0 aliphatic rings. The van der Waals surface area contributed by atoms with Gasteiger partial charge in [0.15, 0.2) is 0 Å². The Morgan fingerprint density at radius 1 is 1.50 bits per heavy atom. The standard InChI is InChI=1S/C12H12N2OS/c1-13-12(8-14-5-6-16-14)11-4-2-3-10(7-11)9-15/h2-9,13H,1H3/b12-8-. The molecule has 0 aliphatic heterocycles. The van der Waals surface area contributed by atoms with Gasteiger partial charge < -0.3 is 5.32 Å². The van der Waals surface area contributed by atoms with Crippen LogP contribution in [-0.4, -0.2) is 17.3 Å². The highest BCUT2D eigenvalue weighted by atomic mass is 32.1. The Labute approximate surface area is 98.2 Å². The van der Waals surface area contributed by atoms with Crippen LogP contribution in [0.15, 0.2) is 35.8 Å². The predicted molar refractivity (Wildman–Crippen MR) is 67.4 cm³/mol. The zero-order chi connectivity index (χ0) is 11.4. The smallest absolute Gasteiger partial charge is 0.150 e. The normalized spacial score (nSPS) is 11.4. The minimum absolute atomic E-state index is 0.686. The van der Waals surface area contributed by atoms with Crippen molar-refractivity contribution in [1.29, 1.82) is 0 Å². The van der Waals surface area contributed by atoms with E-state index in [9.17, 15) is 4.79 Å². The van der Waals surface area contributed by atoms with Gasteiger partial charge in [0.1, 0.15) is 6.29 Å². The molecule has 4 heteroatoms. The van der Waals surface area contributed by atoms with Crippen LogP contribution in [0.3, 0.4) is 0 Å². The van der Waals surface area contributed by atoms with Crippen molar-refractivity contribution in [3.63, 3.8) is 0 Å². The zero-order valence-corrected chi connectivity index (χ0v) is 9.70. The summed E-state index contributed by atoms with van der Waals surface area (Å²) in [7, 11) is 1.87. The molecule has 0 radical (unpaired) electrons. The van der Waals surface area contributed by atoms with Crippen LogP contribution in [0.2, 0.25) is 0 Å². The summed E-state index contributed by atoms with van der Waals surface area (Å²) in [5.74, 6) is 0. The Morgan fingerprint density at radius 3 is 2.88 bits per heavy atom. The number of hydrogen-bond donors (Lipinski definition) is 1. The molecule has 0 saturated carbocycles. The lowest BCUT2D eigenvalue weighted by Gasteiger charge is -2.09.